The van der Waals surface area contributed by atoms with Gasteiger partial charge in [0.2, 0.25) is 10.0 Å². The number of halogens is 3. The lowest BCUT2D eigenvalue weighted by Gasteiger charge is -2.09. The molecule has 22 heavy (non-hydrogen) atoms. The first-order valence-corrected chi connectivity index (χ1v) is 8.40. The number of aromatic nitrogens is 1. The van der Waals surface area contributed by atoms with Crippen molar-refractivity contribution < 1.29 is 21.6 Å². The molecule has 0 fully saturated rings. The Balaban J connectivity index is 1.89. The summed E-state index contributed by atoms with van der Waals surface area (Å²) in [4.78, 5) is 0. The molecule has 0 aliphatic heterocycles. The van der Waals surface area contributed by atoms with Crippen LogP contribution in [0.1, 0.15) is 12.0 Å². The molecule has 0 aliphatic rings. The molecule has 2 aromatic rings. The molecule has 0 aliphatic carbocycles. The summed E-state index contributed by atoms with van der Waals surface area (Å²) in [5, 5.41) is 1.04. The van der Waals surface area contributed by atoms with Crippen LogP contribution in [0.2, 0.25) is 0 Å². The quantitative estimate of drug-likeness (QED) is 0.883. The zero-order valence-electron chi connectivity index (χ0n) is 12.0. The van der Waals surface area contributed by atoms with E-state index in [4.69, 9.17) is 0 Å². The van der Waals surface area contributed by atoms with Gasteiger partial charge in [0.15, 0.2) is 0 Å². The van der Waals surface area contributed by atoms with Gasteiger partial charge in [0, 0.05) is 25.3 Å². The number of nitrogens with zero attached hydrogens (tertiary/aromatic N) is 1. The maximum Gasteiger partial charge on any atom is 0.390 e. The summed E-state index contributed by atoms with van der Waals surface area (Å²) in [5.74, 6) is -0.936. The molecule has 0 atom stereocenters. The maximum atomic E-state index is 12.0. The average molecular weight is 334 g/mol. The monoisotopic (exact) mass is 334 g/mol. The molecule has 0 amide bonds. The normalized spacial score (nSPS) is 12.9. The van der Waals surface area contributed by atoms with Crippen molar-refractivity contribution in [2.75, 3.05) is 12.3 Å². The van der Waals surface area contributed by atoms with Gasteiger partial charge in [-0.05, 0) is 35.6 Å². The molecule has 1 aromatic heterocycles. The Kier molecular flexibility index (Phi) is 4.81. The summed E-state index contributed by atoms with van der Waals surface area (Å²) in [7, 11) is -1.97. The number of hydrogen-bond acceptors (Lipinski definition) is 2. The smallest absolute Gasteiger partial charge is 0.351 e. The average Bonchev–Trinajstić information content (AvgIpc) is 2.77. The van der Waals surface area contributed by atoms with Crippen molar-refractivity contribution in [2.45, 2.75) is 19.0 Å². The zero-order valence-corrected chi connectivity index (χ0v) is 12.8. The molecular formula is C14H17F3N2O2S. The number of aryl methyl sites for hydroxylation is 1. The number of fused-ring (bicyclic) bond motifs is 1. The molecule has 0 bridgehead atoms. The van der Waals surface area contributed by atoms with E-state index in [1.54, 1.807) is 0 Å². The van der Waals surface area contributed by atoms with Crippen molar-refractivity contribution in [1.29, 1.82) is 0 Å². The number of hydrogen-bond donors (Lipinski definition) is 1. The Labute approximate surface area is 127 Å². The highest BCUT2D eigenvalue weighted by Crippen LogP contribution is 2.20. The minimum absolute atomic E-state index is 0.0819. The Hall–Kier alpha value is -1.54. The number of rotatable bonds is 6. The van der Waals surface area contributed by atoms with E-state index >= 15 is 0 Å². The topological polar surface area (TPSA) is 51.1 Å². The van der Waals surface area contributed by atoms with Gasteiger partial charge in [0.25, 0.3) is 0 Å². The van der Waals surface area contributed by atoms with Crippen LogP contribution in [0.25, 0.3) is 10.9 Å². The van der Waals surface area contributed by atoms with E-state index in [1.807, 2.05) is 42.1 Å². The Morgan fingerprint density at radius 3 is 2.64 bits per heavy atom. The third-order valence-corrected chi connectivity index (χ3v) is 4.73. The van der Waals surface area contributed by atoms with Gasteiger partial charge < -0.3 is 4.57 Å². The summed E-state index contributed by atoms with van der Waals surface area (Å²) < 4.78 is 63.2. The summed E-state index contributed by atoms with van der Waals surface area (Å²) in [6.07, 6.45) is -3.45. The summed E-state index contributed by atoms with van der Waals surface area (Å²) in [5.41, 5.74) is 1.99. The second-order valence-corrected chi connectivity index (χ2v) is 7.07. The molecule has 1 aromatic carbocycles. The number of alkyl halides is 3. The fraction of sp³-hybridized carbons (Fsp3) is 0.429. The van der Waals surface area contributed by atoms with Gasteiger partial charge in [-0.1, -0.05) is 6.07 Å². The van der Waals surface area contributed by atoms with Crippen LogP contribution in [0.15, 0.2) is 30.5 Å². The van der Waals surface area contributed by atoms with E-state index in [-0.39, 0.29) is 6.54 Å². The van der Waals surface area contributed by atoms with Gasteiger partial charge in [-0.2, -0.15) is 13.2 Å². The lowest BCUT2D eigenvalue weighted by molar-refractivity contribution is -0.129. The molecule has 4 nitrogen and oxygen atoms in total. The van der Waals surface area contributed by atoms with Crippen LogP contribution < -0.4 is 4.72 Å². The Morgan fingerprint density at radius 1 is 1.23 bits per heavy atom. The van der Waals surface area contributed by atoms with E-state index in [0.29, 0.717) is 6.42 Å². The Morgan fingerprint density at radius 2 is 1.95 bits per heavy atom. The second-order valence-electron chi connectivity index (χ2n) is 5.15. The molecule has 0 saturated carbocycles. The fourth-order valence-electron chi connectivity index (χ4n) is 2.16. The lowest BCUT2D eigenvalue weighted by atomic mass is 10.1. The third kappa shape index (κ3) is 4.74. The van der Waals surface area contributed by atoms with Crippen LogP contribution in [-0.2, 0) is 23.5 Å². The molecule has 1 heterocycles. The van der Waals surface area contributed by atoms with Gasteiger partial charge in [0.05, 0.1) is 12.2 Å². The largest absolute Gasteiger partial charge is 0.390 e. The van der Waals surface area contributed by atoms with Gasteiger partial charge in [0.1, 0.15) is 0 Å². The molecule has 1 N–H and O–H groups in total. The molecule has 0 spiro atoms. The number of sulfonamides is 1. The van der Waals surface area contributed by atoms with E-state index in [0.717, 1.165) is 16.5 Å². The lowest BCUT2D eigenvalue weighted by Crippen LogP contribution is -2.30. The van der Waals surface area contributed by atoms with Crippen molar-refractivity contribution in [3.8, 4) is 0 Å². The first kappa shape index (κ1) is 16.8. The molecule has 2 rings (SSSR count). The minimum Gasteiger partial charge on any atom is -0.351 e. The third-order valence-electron chi connectivity index (χ3n) is 3.34. The van der Waals surface area contributed by atoms with Crippen LogP contribution in [0, 0.1) is 0 Å². The first-order chi connectivity index (χ1) is 10.2. The van der Waals surface area contributed by atoms with E-state index in [9.17, 15) is 21.6 Å². The highest BCUT2D eigenvalue weighted by atomic mass is 32.2. The molecular weight excluding hydrogens is 317 g/mol. The van der Waals surface area contributed by atoms with Crippen molar-refractivity contribution in [1.82, 2.24) is 9.29 Å². The van der Waals surface area contributed by atoms with Crippen LogP contribution >= 0.6 is 0 Å². The summed E-state index contributed by atoms with van der Waals surface area (Å²) in [6, 6.07) is 7.71. The van der Waals surface area contributed by atoms with E-state index in [1.165, 1.54) is 0 Å². The summed E-state index contributed by atoms with van der Waals surface area (Å²) in [6.45, 7) is 0.0819. The van der Waals surface area contributed by atoms with Gasteiger partial charge >= 0.3 is 6.18 Å². The molecule has 0 unspecified atom stereocenters. The van der Waals surface area contributed by atoms with Crippen molar-refractivity contribution >= 4 is 20.9 Å². The van der Waals surface area contributed by atoms with Crippen LogP contribution in [0.5, 0.6) is 0 Å². The van der Waals surface area contributed by atoms with Crippen LogP contribution in [-0.4, -0.2) is 31.5 Å². The van der Waals surface area contributed by atoms with Gasteiger partial charge in [-0.3, -0.25) is 0 Å². The molecule has 0 radical (unpaired) electrons. The number of nitrogens with one attached hydrogen (secondary N) is 1. The van der Waals surface area contributed by atoms with Crippen molar-refractivity contribution in [2.24, 2.45) is 7.05 Å². The van der Waals surface area contributed by atoms with Gasteiger partial charge in [-0.25, -0.2) is 13.1 Å². The van der Waals surface area contributed by atoms with Gasteiger partial charge in [-0.15, -0.1) is 0 Å². The standard InChI is InChI=1S/C14H17F3N2O2S/c1-19-8-5-12-10-11(2-3-13(12)19)4-7-18-22(20,21)9-6-14(15,16)17/h2-3,5,8,10,18H,4,6-7,9H2,1H3. The zero-order chi connectivity index (χ0) is 16.4. The predicted molar refractivity (Wildman–Crippen MR) is 79.1 cm³/mol. The second kappa shape index (κ2) is 6.29. The first-order valence-electron chi connectivity index (χ1n) is 6.74. The SMILES string of the molecule is Cn1ccc2cc(CCNS(=O)(=O)CCC(F)(F)F)ccc21. The maximum absolute atomic E-state index is 12.0. The van der Waals surface area contributed by atoms with E-state index in [2.05, 4.69) is 4.72 Å². The summed E-state index contributed by atoms with van der Waals surface area (Å²) >= 11 is 0. The van der Waals surface area contributed by atoms with Crippen molar-refractivity contribution in [3.05, 3.63) is 36.0 Å². The Bertz CT molecular complexity index is 751. The van der Waals surface area contributed by atoms with Crippen molar-refractivity contribution in [3.63, 3.8) is 0 Å². The molecule has 8 heteroatoms. The van der Waals surface area contributed by atoms with Crippen LogP contribution in [0.3, 0.4) is 0 Å². The highest BCUT2D eigenvalue weighted by molar-refractivity contribution is 7.89. The minimum atomic E-state index is -4.47. The highest BCUT2D eigenvalue weighted by Gasteiger charge is 2.29. The molecule has 0 saturated heterocycles. The number of benzene rings is 1. The van der Waals surface area contributed by atoms with E-state index < -0.39 is 28.4 Å². The molecule has 122 valence electrons. The fourth-order valence-corrected chi connectivity index (χ4v) is 3.22. The predicted octanol–water partition coefficient (Wildman–Crippen LogP) is 2.59. The van der Waals surface area contributed by atoms with Crippen LogP contribution in [0.4, 0.5) is 13.2 Å².